The zero-order valence-corrected chi connectivity index (χ0v) is 13.3. The van der Waals surface area contributed by atoms with E-state index in [2.05, 4.69) is 24.9 Å². The third kappa shape index (κ3) is 3.73. The van der Waals surface area contributed by atoms with Gasteiger partial charge in [-0.25, -0.2) is 15.0 Å². The van der Waals surface area contributed by atoms with Gasteiger partial charge >= 0.3 is 6.18 Å². The van der Waals surface area contributed by atoms with Crippen LogP contribution in [-0.4, -0.2) is 24.9 Å². The second kappa shape index (κ2) is 6.60. The van der Waals surface area contributed by atoms with Gasteiger partial charge in [-0.1, -0.05) is 13.0 Å². The van der Waals surface area contributed by atoms with Gasteiger partial charge in [-0.3, -0.25) is 4.98 Å². The van der Waals surface area contributed by atoms with E-state index in [4.69, 9.17) is 0 Å². The first kappa shape index (κ1) is 16.4. The maximum absolute atomic E-state index is 13.1. The summed E-state index contributed by atoms with van der Waals surface area (Å²) in [4.78, 5) is 18.9. The first-order chi connectivity index (χ1) is 11.5. The molecular formula is C15H12F3N5S. The number of halogens is 3. The molecule has 24 heavy (non-hydrogen) atoms. The number of imidazole rings is 1. The molecule has 3 rings (SSSR count). The molecule has 9 heteroatoms. The Kier molecular flexibility index (Phi) is 4.52. The Morgan fingerprint density at radius 3 is 2.62 bits per heavy atom. The summed E-state index contributed by atoms with van der Waals surface area (Å²) in [6.45, 7) is 1.95. The fourth-order valence-corrected chi connectivity index (χ4v) is 2.69. The number of rotatable bonds is 4. The molecule has 0 spiro atoms. The van der Waals surface area contributed by atoms with Crippen molar-refractivity contribution in [3.05, 3.63) is 48.0 Å². The van der Waals surface area contributed by atoms with Crippen molar-refractivity contribution in [1.29, 1.82) is 0 Å². The molecule has 3 aromatic rings. The number of aromatic nitrogens is 5. The summed E-state index contributed by atoms with van der Waals surface area (Å²) < 4.78 is 39.4. The summed E-state index contributed by atoms with van der Waals surface area (Å²) in [5.41, 5.74) is 0.162. The van der Waals surface area contributed by atoms with Crippen LogP contribution < -0.4 is 0 Å². The fourth-order valence-electron chi connectivity index (χ4n) is 1.90. The van der Waals surface area contributed by atoms with Crippen LogP contribution in [0.3, 0.4) is 0 Å². The number of hydrogen-bond donors (Lipinski definition) is 1. The molecule has 0 saturated carbocycles. The van der Waals surface area contributed by atoms with E-state index >= 15 is 0 Å². The topological polar surface area (TPSA) is 67.3 Å². The van der Waals surface area contributed by atoms with Gasteiger partial charge in [-0.2, -0.15) is 13.2 Å². The van der Waals surface area contributed by atoms with E-state index in [0.717, 1.165) is 29.9 Å². The van der Waals surface area contributed by atoms with Crippen LogP contribution in [-0.2, 0) is 12.6 Å². The number of pyridine rings is 1. The van der Waals surface area contributed by atoms with E-state index in [1.807, 2.05) is 6.92 Å². The Morgan fingerprint density at radius 1 is 1.17 bits per heavy atom. The molecule has 0 aromatic carbocycles. The minimum absolute atomic E-state index is 0.0739. The average Bonchev–Trinajstić information content (AvgIpc) is 3.02. The molecule has 0 aliphatic carbocycles. The van der Waals surface area contributed by atoms with Crippen molar-refractivity contribution in [2.75, 3.05) is 0 Å². The second-order valence-corrected chi connectivity index (χ2v) is 5.81. The zero-order chi connectivity index (χ0) is 17.2. The maximum Gasteiger partial charge on any atom is 0.433 e. The molecule has 0 radical (unpaired) electrons. The molecule has 0 aliphatic heterocycles. The first-order valence-corrected chi connectivity index (χ1v) is 7.87. The van der Waals surface area contributed by atoms with E-state index in [1.54, 1.807) is 24.4 Å². The van der Waals surface area contributed by atoms with Gasteiger partial charge in [0.2, 0.25) is 0 Å². The van der Waals surface area contributed by atoms with Gasteiger partial charge in [-0.15, -0.1) is 0 Å². The molecule has 0 atom stereocenters. The first-order valence-electron chi connectivity index (χ1n) is 7.05. The third-order valence-electron chi connectivity index (χ3n) is 3.07. The molecule has 0 amide bonds. The highest BCUT2D eigenvalue weighted by Crippen LogP contribution is 2.33. The number of hydrogen-bond acceptors (Lipinski definition) is 5. The van der Waals surface area contributed by atoms with Crippen molar-refractivity contribution < 1.29 is 13.2 Å². The number of nitrogens with one attached hydrogen (secondary N) is 1. The lowest BCUT2D eigenvalue weighted by Crippen LogP contribution is -2.10. The van der Waals surface area contributed by atoms with Crippen molar-refractivity contribution in [2.24, 2.45) is 0 Å². The summed E-state index contributed by atoms with van der Waals surface area (Å²) in [6.07, 6.45) is -0.691. The van der Waals surface area contributed by atoms with Gasteiger partial charge in [0, 0.05) is 24.2 Å². The van der Waals surface area contributed by atoms with Gasteiger partial charge in [0.1, 0.15) is 16.4 Å². The minimum Gasteiger partial charge on any atom is -0.337 e. The standard InChI is InChI=1S/C15H12F3N5S/c1-2-9-8-20-14(21-9)24-12-7-11(15(16,17)18)22-13(23-12)10-5-3-4-6-19-10/h3-8H,2H2,1H3,(H,20,21). The highest BCUT2D eigenvalue weighted by atomic mass is 32.2. The van der Waals surface area contributed by atoms with Crippen LogP contribution in [0.15, 0.2) is 46.8 Å². The number of alkyl halides is 3. The predicted octanol–water partition coefficient (Wildman–Crippen LogP) is 3.99. The van der Waals surface area contributed by atoms with E-state index in [-0.39, 0.29) is 16.5 Å². The third-order valence-corrected chi connectivity index (χ3v) is 3.89. The lowest BCUT2D eigenvalue weighted by atomic mass is 10.3. The highest BCUT2D eigenvalue weighted by Gasteiger charge is 2.34. The lowest BCUT2D eigenvalue weighted by molar-refractivity contribution is -0.141. The summed E-state index contributed by atoms with van der Waals surface area (Å²) >= 11 is 1.02. The Labute approximate surface area is 139 Å². The van der Waals surface area contributed by atoms with E-state index < -0.39 is 11.9 Å². The highest BCUT2D eigenvalue weighted by molar-refractivity contribution is 7.99. The molecule has 0 saturated heterocycles. The lowest BCUT2D eigenvalue weighted by Gasteiger charge is -2.09. The van der Waals surface area contributed by atoms with Crippen LogP contribution in [0.25, 0.3) is 11.5 Å². The second-order valence-electron chi connectivity index (χ2n) is 4.80. The number of H-pyrrole nitrogens is 1. The van der Waals surface area contributed by atoms with Crippen LogP contribution in [0.4, 0.5) is 13.2 Å². The summed E-state index contributed by atoms with van der Waals surface area (Å²) in [6, 6.07) is 5.80. The average molecular weight is 351 g/mol. The summed E-state index contributed by atoms with van der Waals surface area (Å²) in [7, 11) is 0. The smallest absolute Gasteiger partial charge is 0.337 e. The SMILES string of the molecule is CCc1cnc(Sc2cc(C(F)(F)F)nc(-c3ccccn3)n2)[nH]1. The Balaban J connectivity index is 2.01. The van der Waals surface area contributed by atoms with Crippen LogP contribution in [0.5, 0.6) is 0 Å². The van der Waals surface area contributed by atoms with Crippen molar-refractivity contribution in [1.82, 2.24) is 24.9 Å². The van der Waals surface area contributed by atoms with Crippen LogP contribution in [0.2, 0.25) is 0 Å². The largest absolute Gasteiger partial charge is 0.433 e. The Bertz CT molecular complexity index is 833. The maximum atomic E-state index is 13.1. The van der Waals surface area contributed by atoms with Crippen LogP contribution in [0, 0.1) is 0 Å². The van der Waals surface area contributed by atoms with E-state index in [1.165, 1.54) is 6.20 Å². The molecule has 3 heterocycles. The van der Waals surface area contributed by atoms with E-state index in [9.17, 15) is 13.2 Å². The molecule has 0 fully saturated rings. The van der Waals surface area contributed by atoms with Crippen LogP contribution in [0.1, 0.15) is 18.3 Å². The van der Waals surface area contributed by atoms with Crippen LogP contribution >= 0.6 is 11.8 Å². The molecule has 0 unspecified atom stereocenters. The molecule has 3 aromatic heterocycles. The monoisotopic (exact) mass is 351 g/mol. The van der Waals surface area contributed by atoms with Crippen molar-refractivity contribution in [3.63, 3.8) is 0 Å². The summed E-state index contributed by atoms with van der Waals surface area (Å²) in [5, 5.41) is 0.626. The van der Waals surface area contributed by atoms with E-state index in [0.29, 0.717) is 5.16 Å². The zero-order valence-electron chi connectivity index (χ0n) is 12.5. The number of nitrogens with zero attached hydrogens (tertiary/aromatic N) is 4. The van der Waals surface area contributed by atoms with Gasteiger partial charge in [0.05, 0.1) is 0 Å². The Morgan fingerprint density at radius 2 is 2.00 bits per heavy atom. The molecule has 0 bridgehead atoms. The fraction of sp³-hybridized carbons (Fsp3) is 0.200. The Hall–Kier alpha value is -2.42. The van der Waals surface area contributed by atoms with Crippen molar-refractivity contribution in [3.8, 4) is 11.5 Å². The van der Waals surface area contributed by atoms with Gasteiger partial charge in [-0.05, 0) is 30.3 Å². The normalized spacial score (nSPS) is 11.7. The van der Waals surface area contributed by atoms with Crippen molar-refractivity contribution in [2.45, 2.75) is 29.7 Å². The molecule has 5 nitrogen and oxygen atoms in total. The molecule has 124 valence electrons. The van der Waals surface area contributed by atoms with Gasteiger partial charge in [0.15, 0.2) is 11.0 Å². The van der Waals surface area contributed by atoms with Crippen molar-refractivity contribution >= 4 is 11.8 Å². The molecule has 0 aliphatic rings. The van der Waals surface area contributed by atoms with Gasteiger partial charge < -0.3 is 4.98 Å². The van der Waals surface area contributed by atoms with Gasteiger partial charge in [0.25, 0.3) is 0 Å². The number of aromatic amines is 1. The quantitative estimate of drug-likeness (QED) is 0.720. The number of aryl methyl sites for hydroxylation is 1. The predicted molar refractivity (Wildman–Crippen MR) is 82.4 cm³/mol. The molecular weight excluding hydrogens is 339 g/mol. The molecule has 1 N–H and O–H groups in total. The minimum atomic E-state index is -4.57. The summed E-state index contributed by atoms with van der Waals surface area (Å²) in [5.74, 6) is -0.0739.